The van der Waals surface area contributed by atoms with Gasteiger partial charge in [-0.25, -0.2) is 0 Å². The normalized spacial score (nSPS) is 16.6. The van der Waals surface area contributed by atoms with E-state index in [-0.39, 0.29) is 23.8 Å². The van der Waals surface area contributed by atoms with Gasteiger partial charge in [-0.05, 0) is 67.6 Å². The van der Waals surface area contributed by atoms with Crippen LogP contribution in [0.1, 0.15) is 48.0 Å². The number of carbonyl (C=O) groups excluding carboxylic acids is 2. The lowest BCUT2D eigenvalue weighted by Crippen LogP contribution is -2.51. The first-order valence-corrected chi connectivity index (χ1v) is 11.3. The highest BCUT2D eigenvalue weighted by Gasteiger charge is 2.28. The standard InChI is InChI=1S/C22H28ClN3O2S/c1-15(2)20(25-21(27)16-7-9-17(23)10-8-16)22(28)24-14-18(19-6-5-13-29-19)26-11-3-4-12-26/h5-10,13,15,18,20H,3-4,11-12,14H2,1-2H3,(H,24,28)(H,25,27)/t18-,20+/m0/s1. The van der Waals surface area contributed by atoms with E-state index in [1.54, 1.807) is 35.6 Å². The molecule has 2 aromatic rings. The summed E-state index contributed by atoms with van der Waals surface area (Å²) in [5.41, 5.74) is 0.487. The SMILES string of the molecule is CC(C)[C@@H](NC(=O)c1ccc(Cl)cc1)C(=O)NC[C@@H](c1cccs1)N1CCCC1. The van der Waals surface area contributed by atoms with E-state index in [4.69, 9.17) is 11.6 Å². The average molecular weight is 434 g/mol. The van der Waals surface area contributed by atoms with Gasteiger partial charge in [-0.1, -0.05) is 31.5 Å². The summed E-state index contributed by atoms with van der Waals surface area (Å²) < 4.78 is 0. The second kappa shape index (κ2) is 10.2. The number of nitrogens with one attached hydrogen (secondary N) is 2. The van der Waals surface area contributed by atoms with Crippen LogP contribution in [0.3, 0.4) is 0 Å². The van der Waals surface area contributed by atoms with Gasteiger partial charge in [-0.3, -0.25) is 14.5 Å². The van der Waals surface area contributed by atoms with Crippen molar-refractivity contribution in [3.05, 3.63) is 57.2 Å². The summed E-state index contributed by atoms with van der Waals surface area (Å²) in [4.78, 5) is 29.2. The molecular formula is C22H28ClN3O2S. The Hall–Kier alpha value is -1.89. The number of nitrogens with zero attached hydrogens (tertiary/aromatic N) is 1. The fraction of sp³-hybridized carbons (Fsp3) is 0.455. The first-order chi connectivity index (χ1) is 14.0. The number of amides is 2. The van der Waals surface area contributed by atoms with Gasteiger partial charge in [0.1, 0.15) is 6.04 Å². The minimum Gasteiger partial charge on any atom is -0.352 e. The van der Waals surface area contributed by atoms with Crippen LogP contribution in [0.2, 0.25) is 5.02 Å². The van der Waals surface area contributed by atoms with Gasteiger partial charge in [0.2, 0.25) is 5.91 Å². The van der Waals surface area contributed by atoms with Crippen molar-refractivity contribution >= 4 is 34.8 Å². The fourth-order valence-electron chi connectivity index (χ4n) is 3.61. The smallest absolute Gasteiger partial charge is 0.251 e. The molecule has 0 aliphatic carbocycles. The van der Waals surface area contributed by atoms with Crippen molar-refractivity contribution in [2.45, 2.75) is 38.8 Å². The number of benzene rings is 1. The lowest BCUT2D eigenvalue weighted by Gasteiger charge is -2.28. The lowest BCUT2D eigenvalue weighted by atomic mass is 10.0. The Balaban J connectivity index is 1.63. The molecule has 3 rings (SSSR count). The molecule has 29 heavy (non-hydrogen) atoms. The topological polar surface area (TPSA) is 61.4 Å². The van der Waals surface area contributed by atoms with Gasteiger partial charge < -0.3 is 10.6 Å². The van der Waals surface area contributed by atoms with Crippen LogP contribution < -0.4 is 10.6 Å². The molecule has 1 aliphatic heterocycles. The third kappa shape index (κ3) is 5.81. The van der Waals surface area contributed by atoms with Crippen LogP contribution in [-0.4, -0.2) is 42.4 Å². The van der Waals surface area contributed by atoms with Crippen LogP contribution >= 0.6 is 22.9 Å². The molecule has 2 atom stereocenters. The molecule has 1 aromatic carbocycles. The number of carbonyl (C=O) groups is 2. The number of thiophene rings is 1. The number of likely N-dealkylation sites (tertiary alicyclic amines) is 1. The number of halogens is 1. The zero-order chi connectivity index (χ0) is 20.8. The molecule has 0 unspecified atom stereocenters. The Morgan fingerprint density at radius 2 is 1.83 bits per heavy atom. The van der Waals surface area contributed by atoms with E-state index in [2.05, 4.69) is 27.0 Å². The molecule has 7 heteroatoms. The molecule has 1 saturated heterocycles. The Labute approximate surface area is 181 Å². The predicted octanol–water partition coefficient (Wildman–Crippen LogP) is 4.11. The van der Waals surface area contributed by atoms with Crippen molar-refractivity contribution in [2.24, 2.45) is 5.92 Å². The van der Waals surface area contributed by atoms with Crippen LogP contribution in [-0.2, 0) is 4.79 Å². The monoisotopic (exact) mass is 433 g/mol. The molecule has 1 fully saturated rings. The average Bonchev–Trinajstić information content (AvgIpc) is 3.41. The Morgan fingerprint density at radius 3 is 2.41 bits per heavy atom. The maximum Gasteiger partial charge on any atom is 0.251 e. The van der Waals surface area contributed by atoms with Crippen LogP contribution in [0.25, 0.3) is 0 Å². The van der Waals surface area contributed by atoms with Crippen LogP contribution in [0.5, 0.6) is 0 Å². The molecule has 1 aliphatic rings. The van der Waals surface area contributed by atoms with E-state index in [0.717, 1.165) is 13.1 Å². The summed E-state index contributed by atoms with van der Waals surface area (Å²) >= 11 is 7.61. The van der Waals surface area contributed by atoms with Crippen LogP contribution in [0.15, 0.2) is 41.8 Å². The van der Waals surface area contributed by atoms with E-state index in [1.165, 1.54) is 17.7 Å². The van der Waals surface area contributed by atoms with E-state index in [0.29, 0.717) is 17.1 Å². The Morgan fingerprint density at radius 1 is 1.14 bits per heavy atom. The highest BCUT2D eigenvalue weighted by atomic mass is 35.5. The second-order valence-corrected chi connectivity index (χ2v) is 9.14. The first-order valence-electron chi connectivity index (χ1n) is 10.1. The largest absolute Gasteiger partial charge is 0.352 e. The van der Waals surface area contributed by atoms with Crippen LogP contribution in [0.4, 0.5) is 0 Å². The van der Waals surface area contributed by atoms with Crippen molar-refractivity contribution in [3.63, 3.8) is 0 Å². The molecule has 156 valence electrons. The summed E-state index contributed by atoms with van der Waals surface area (Å²) in [5.74, 6) is -0.453. The Kier molecular flexibility index (Phi) is 7.70. The van der Waals surface area contributed by atoms with Crippen molar-refractivity contribution in [1.29, 1.82) is 0 Å². The van der Waals surface area contributed by atoms with Crippen molar-refractivity contribution < 1.29 is 9.59 Å². The third-order valence-electron chi connectivity index (χ3n) is 5.26. The number of hydrogen-bond donors (Lipinski definition) is 2. The molecule has 2 heterocycles. The van der Waals surface area contributed by atoms with Gasteiger partial charge >= 0.3 is 0 Å². The van der Waals surface area contributed by atoms with E-state index >= 15 is 0 Å². The zero-order valence-electron chi connectivity index (χ0n) is 16.9. The maximum atomic E-state index is 12.9. The summed E-state index contributed by atoms with van der Waals surface area (Å²) in [5, 5.41) is 8.60. The highest BCUT2D eigenvalue weighted by molar-refractivity contribution is 7.10. The molecular weight excluding hydrogens is 406 g/mol. The van der Waals surface area contributed by atoms with Gasteiger partial charge in [0.05, 0.1) is 6.04 Å². The minimum absolute atomic E-state index is 0.0294. The quantitative estimate of drug-likeness (QED) is 0.658. The van der Waals surface area contributed by atoms with Gasteiger partial charge in [-0.15, -0.1) is 11.3 Å². The predicted molar refractivity (Wildman–Crippen MR) is 118 cm³/mol. The van der Waals surface area contributed by atoms with Crippen molar-refractivity contribution in [3.8, 4) is 0 Å². The van der Waals surface area contributed by atoms with Gasteiger partial charge in [0.15, 0.2) is 0 Å². The summed E-state index contributed by atoms with van der Waals surface area (Å²) in [7, 11) is 0. The van der Waals surface area contributed by atoms with Gasteiger partial charge in [-0.2, -0.15) is 0 Å². The van der Waals surface area contributed by atoms with Gasteiger partial charge in [0, 0.05) is 22.0 Å². The molecule has 1 aromatic heterocycles. The van der Waals surface area contributed by atoms with Crippen molar-refractivity contribution in [1.82, 2.24) is 15.5 Å². The summed E-state index contributed by atoms with van der Waals surface area (Å²) in [6, 6.07) is 10.4. The van der Waals surface area contributed by atoms with Crippen molar-refractivity contribution in [2.75, 3.05) is 19.6 Å². The molecule has 5 nitrogen and oxygen atoms in total. The molecule has 0 bridgehead atoms. The van der Waals surface area contributed by atoms with E-state index < -0.39 is 6.04 Å². The Bertz CT molecular complexity index is 802. The van der Waals surface area contributed by atoms with Crippen LogP contribution in [0, 0.1) is 5.92 Å². The maximum absolute atomic E-state index is 12.9. The summed E-state index contributed by atoms with van der Waals surface area (Å²) in [6.45, 7) is 6.52. The van der Waals surface area contributed by atoms with E-state index in [1.807, 2.05) is 19.9 Å². The highest BCUT2D eigenvalue weighted by Crippen LogP contribution is 2.27. The molecule has 2 amide bonds. The first kappa shape index (κ1) is 21.8. The fourth-order valence-corrected chi connectivity index (χ4v) is 4.60. The van der Waals surface area contributed by atoms with Gasteiger partial charge in [0.25, 0.3) is 5.91 Å². The molecule has 0 spiro atoms. The summed E-state index contributed by atoms with van der Waals surface area (Å²) in [6.07, 6.45) is 2.39. The number of hydrogen-bond acceptors (Lipinski definition) is 4. The minimum atomic E-state index is -0.597. The zero-order valence-corrected chi connectivity index (χ0v) is 18.4. The third-order valence-corrected chi connectivity index (χ3v) is 6.49. The number of rotatable bonds is 8. The molecule has 0 saturated carbocycles. The molecule has 0 radical (unpaired) electrons. The van der Waals surface area contributed by atoms with E-state index in [9.17, 15) is 9.59 Å². The molecule has 2 N–H and O–H groups in total. The lowest BCUT2D eigenvalue weighted by molar-refractivity contribution is -0.124. The second-order valence-electron chi connectivity index (χ2n) is 7.72.